The van der Waals surface area contributed by atoms with Crippen molar-refractivity contribution in [3.63, 3.8) is 0 Å². The van der Waals surface area contributed by atoms with Crippen molar-refractivity contribution in [2.24, 2.45) is 5.92 Å². The van der Waals surface area contributed by atoms with Crippen molar-refractivity contribution in [1.82, 2.24) is 49.5 Å². The summed E-state index contributed by atoms with van der Waals surface area (Å²) in [7, 11) is 0. The highest BCUT2D eigenvalue weighted by Crippen LogP contribution is 2.57. The number of imidazole rings is 1. The molecule has 3 fully saturated rings. The van der Waals surface area contributed by atoms with Crippen LogP contribution in [0.25, 0.3) is 22.3 Å². The molecule has 2 amide bonds. The molecule has 5 aromatic heterocycles. The molecular formula is C38H39F2N13O11P2S2. The molecule has 6 aromatic rings. The number of hydrogen-bond donors (Lipinski definition) is 4. The molecular weight excluding hydrogens is 979 g/mol. The summed E-state index contributed by atoms with van der Waals surface area (Å²) in [5.74, 6) is -1.73. The third kappa shape index (κ3) is 10.8. The van der Waals surface area contributed by atoms with Crippen LogP contribution in [-0.4, -0.2) is 123 Å². The number of alkyl halides is 2. The van der Waals surface area contributed by atoms with E-state index in [1.165, 1.54) is 0 Å². The van der Waals surface area contributed by atoms with Crippen molar-refractivity contribution in [3.8, 4) is 6.07 Å². The highest BCUT2D eigenvalue weighted by molar-refractivity contribution is 8.07. The number of amides is 2. The predicted molar refractivity (Wildman–Crippen MR) is 240 cm³/mol. The molecule has 358 valence electrons. The minimum atomic E-state index is -4.48. The molecule has 4 N–H and O–H groups in total. The third-order valence-corrected chi connectivity index (χ3v) is 14.0. The van der Waals surface area contributed by atoms with Gasteiger partial charge in [0.05, 0.1) is 38.6 Å². The van der Waals surface area contributed by atoms with Crippen molar-refractivity contribution in [3.05, 3.63) is 89.5 Å². The number of aromatic amines is 1. The normalized spacial score (nSPS) is 28.3. The minimum Gasteiger partial charge on any atom is -0.346 e. The largest absolute Gasteiger partial charge is 0.346 e. The second-order valence-corrected chi connectivity index (χ2v) is 20.8. The maximum Gasteiger partial charge on any atom is 0.327 e. The molecule has 0 saturated carbocycles. The molecule has 1 aromatic carbocycles. The number of pyridine rings is 1. The number of anilines is 2. The predicted octanol–water partition coefficient (Wildman–Crippen LogP) is 3.94. The van der Waals surface area contributed by atoms with E-state index in [-0.39, 0.29) is 47.1 Å². The van der Waals surface area contributed by atoms with Gasteiger partial charge in [-0.15, -0.1) is 5.10 Å². The van der Waals surface area contributed by atoms with Crippen LogP contribution < -0.4 is 16.2 Å². The Morgan fingerprint density at radius 1 is 0.956 bits per heavy atom. The number of H-pyrrole nitrogens is 1. The van der Waals surface area contributed by atoms with Gasteiger partial charge in [0, 0.05) is 23.9 Å². The minimum absolute atomic E-state index is 0.0230. The smallest absolute Gasteiger partial charge is 0.327 e. The Bertz CT molecular complexity index is 2950. The summed E-state index contributed by atoms with van der Waals surface area (Å²) in [4.78, 5) is 72.5. The van der Waals surface area contributed by atoms with Gasteiger partial charge in [0.2, 0.25) is 11.9 Å². The van der Waals surface area contributed by atoms with E-state index in [4.69, 9.17) is 55.7 Å². The van der Waals surface area contributed by atoms with Crippen LogP contribution in [0.15, 0.2) is 78.4 Å². The Labute approximate surface area is 393 Å². The number of benzene rings is 1. The monoisotopic (exact) mass is 1020 g/mol. The SMILES string of the molecule is CC(C)C(=O)Nc1nc2c(ncn2[C@@H]2O[C@@H]3COP(O)(=S)O[C@H]4[C@H](F)[C@H](n5nnc6c(NC(=O)c7ccccc7)ncnc65)O[C@@H]4COP(=S)(OCCC#N)O[C@@H]2[C@@H]3F)c(=O)[nH]1.c1ccncc1. The first-order valence-corrected chi connectivity index (χ1v) is 25.5. The topological polar surface area (TPSA) is 300 Å². The second-order valence-electron chi connectivity index (χ2n) is 15.1. The molecule has 0 radical (unpaired) electrons. The molecule has 24 nitrogen and oxygen atoms in total. The van der Waals surface area contributed by atoms with Gasteiger partial charge in [-0.1, -0.05) is 43.3 Å². The summed E-state index contributed by atoms with van der Waals surface area (Å²) in [6.45, 7) is -7.23. The molecule has 3 aliphatic heterocycles. The number of carbonyl (C=O) groups is 2. The van der Waals surface area contributed by atoms with E-state index >= 15 is 8.78 Å². The van der Waals surface area contributed by atoms with Gasteiger partial charge in [-0.2, -0.15) is 14.9 Å². The fraction of sp³-hybridized carbons (Fsp3) is 0.395. The maximum absolute atomic E-state index is 16.7. The summed E-state index contributed by atoms with van der Waals surface area (Å²) in [5.41, 5.74) is -0.876. The molecule has 68 heavy (non-hydrogen) atoms. The molecule has 8 heterocycles. The van der Waals surface area contributed by atoms with Crippen molar-refractivity contribution < 1.29 is 55.4 Å². The van der Waals surface area contributed by atoms with Gasteiger partial charge in [-0.3, -0.25) is 43.3 Å². The van der Waals surface area contributed by atoms with Gasteiger partial charge >= 0.3 is 13.4 Å². The highest BCUT2D eigenvalue weighted by Gasteiger charge is 2.54. The Kier molecular flexibility index (Phi) is 15.1. The Hall–Kier alpha value is -5.53. The zero-order chi connectivity index (χ0) is 48.2. The quantitative estimate of drug-likeness (QED) is 0.118. The van der Waals surface area contributed by atoms with Gasteiger partial charge < -0.3 is 33.3 Å². The van der Waals surface area contributed by atoms with Crippen molar-refractivity contribution >= 4 is 83.0 Å². The van der Waals surface area contributed by atoms with E-state index in [2.05, 4.69) is 50.8 Å². The number of nitriles is 1. The summed E-state index contributed by atoms with van der Waals surface area (Å²) in [6.07, 6.45) is -8.57. The lowest BCUT2D eigenvalue weighted by atomic mass is 10.1. The summed E-state index contributed by atoms with van der Waals surface area (Å²) in [6, 6.07) is 15.9. The van der Waals surface area contributed by atoms with Crippen LogP contribution in [-0.2, 0) is 60.5 Å². The number of hydrogen-bond acceptors (Lipinski definition) is 20. The lowest BCUT2D eigenvalue weighted by Gasteiger charge is -2.30. The molecule has 9 rings (SSSR count). The van der Waals surface area contributed by atoms with Crippen LogP contribution in [0.5, 0.6) is 0 Å². The fourth-order valence-electron chi connectivity index (χ4n) is 6.83. The van der Waals surface area contributed by atoms with Crippen LogP contribution >= 0.6 is 13.4 Å². The molecule has 0 spiro atoms. The zero-order valence-electron chi connectivity index (χ0n) is 35.4. The molecule has 3 aliphatic rings. The Morgan fingerprint density at radius 3 is 2.40 bits per heavy atom. The molecule has 2 bridgehead atoms. The molecule has 3 saturated heterocycles. The van der Waals surface area contributed by atoms with Crippen LogP contribution in [0.4, 0.5) is 20.5 Å². The highest BCUT2D eigenvalue weighted by atomic mass is 32.5. The molecule has 0 aliphatic carbocycles. The van der Waals surface area contributed by atoms with Crippen molar-refractivity contribution in [1.29, 1.82) is 5.26 Å². The lowest BCUT2D eigenvalue weighted by Crippen LogP contribution is -2.34. The number of aromatic nitrogens is 10. The van der Waals surface area contributed by atoms with Gasteiger partial charge in [0.25, 0.3) is 11.5 Å². The average Bonchev–Trinajstić information content (AvgIpc) is 4.10. The number of carbonyl (C=O) groups excluding carboxylic acids is 2. The standard InChI is InChI=1S/C33H34F2N12O11P2S2.C5H5N/c1-15(2)28(48)42-33-41-27-22(30(50)43-33)39-14-46(27)32-24-19(34)17(55-32)11-53-59(51,61)57-23-18(12-54-60(62,58-24)52-10-6-9-36)56-31(20(23)35)47-26-21(44-45-47)25(37-13-38-26)40-29(49)16-7-4-3-5-8-16;1-2-4-6-5-3-1/h3-5,7-8,13-15,17-20,23-24,31-32H,6,10-12H2,1-2H3,(H,51,61)(H,37,38,40,49)(H2,41,42,43,48,50);1-5H/t17-,18-,19-,20+,23-,24-,31-,32-,59?,60?;/m1./s1. The van der Waals surface area contributed by atoms with Gasteiger partial charge in [0.1, 0.15) is 30.7 Å². The first-order chi connectivity index (χ1) is 32.6. The number of ether oxygens (including phenoxy) is 2. The van der Waals surface area contributed by atoms with E-state index in [0.29, 0.717) is 5.56 Å². The zero-order valence-corrected chi connectivity index (χ0v) is 38.8. The van der Waals surface area contributed by atoms with E-state index in [1.54, 1.807) is 56.6 Å². The third-order valence-electron chi connectivity index (χ3n) is 10.1. The number of fused-ring (bicyclic) bond motifs is 5. The van der Waals surface area contributed by atoms with Crippen LogP contribution in [0.2, 0.25) is 0 Å². The van der Waals surface area contributed by atoms with Gasteiger partial charge in [-0.25, -0.2) is 23.7 Å². The van der Waals surface area contributed by atoms with Gasteiger partial charge in [-0.05, 0) is 47.9 Å². The second kappa shape index (κ2) is 21.0. The molecule has 10 atom stereocenters. The first kappa shape index (κ1) is 48.9. The van der Waals surface area contributed by atoms with Crippen LogP contribution in [0.1, 0.15) is 43.1 Å². The van der Waals surface area contributed by atoms with Crippen molar-refractivity contribution in [2.75, 3.05) is 30.5 Å². The first-order valence-electron chi connectivity index (χ1n) is 20.4. The van der Waals surface area contributed by atoms with E-state index in [1.807, 2.05) is 24.3 Å². The van der Waals surface area contributed by atoms with E-state index < -0.39 is 99.2 Å². The summed E-state index contributed by atoms with van der Waals surface area (Å²) < 4.78 is 76.7. The van der Waals surface area contributed by atoms with Gasteiger partial charge in [0.15, 0.2) is 52.9 Å². The fourth-order valence-corrected chi connectivity index (χ4v) is 10.3. The van der Waals surface area contributed by atoms with Crippen LogP contribution in [0.3, 0.4) is 0 Å². The molecule has 30 heteroatoms. The molecule has 2 unspecified atom stereocenters. The maximum atomic E-state index is 16.7. The Morgan fingerprint density at radius 2 is 1.69 bits per heavy atom. The number of halogens is 2. The van der Waals surface area contributed by atoms with E-state index in [0.717, 1.165) is 21.9 Å². The lowest BCUT2D eigenvalue weighted by molar-refractivity contribution is -0.118. The summed E-state index contributed by atoms with van der Waals surface area (Å²) in [5, 5.41) is 22.5. The van der Waals surface area contributed by atoms with Crippen molar-refractivity contribution in [2.45, 2.75) is 69.5 Å². The average molecular weight is 1020 g/mol. The van der Waals surface area contributed by atoms with Crippen LogP contribution in [0, 0.1) is 17.2 Å². The number of rotatable bonds is 9. The van der Waals surface area contributed by atoms with E-state index in [9.17, 15) is 24.5 Å². The Balaban J connectivity index is 0.000000966. The summed E-state index contributed by atoms with van der Waals surface area (Å²) >= 11 is 11.0. The number of nitrogens with zero attached hydrogens (tertiary/aromatic N) is 10. The number of nitrogens with one attached hydrogen (secondary N) is 3.